The first-order valence-corrected chi connectivity index (χ1v) is 8.25. The predicted molar refractivity (Wildman–Crippen MR) is 74.3 cm³/mol. The molecule has 18 heavy (non-hydrogen) atoms. The van der Waals surface area contributed by atoms with Gasteiger partial charge in [-0.05, 0) is 37.0 Å². The van der Waals surface area contributed by atoms with Crippen molar-refractivity contribution in [3.8, 4) is 0 Å². The van der Waals surface area contributed by atoms with Crippen molar-refractivity contribution in [3.63, 3.8) is 0 Å². The zero-order valence-corrected chi connectivity index (χ0v) is 11.9. The molecule has 4 nitrogen and oxygen atoms in total. The molecule has 0 amide bonds. The Balaban J connectivity index is 2.23. The van der Waals surface area contributed by atoms with Crippen LogP contribution in [0, 0.1) is 0 Å². The van der Waals surface area contributed by atoms with Gasteiger partial charge in [-0.1, -0.05) is 6.42 Å². The number of hydrogen-bond acceptors (Lipinski definition) is 3. The Morgan fingerprint density at radius 2 is 1.89 bits per heavy atom. The summed E-state index contributed by atoms with van der Waals surface area (Å²) in [6, 6.07) is 3.66. The van der Waals surface area contributed by atoms with Crippen molar-refractivity contribution < 1.29 is 8.42 Å². The topological polar surface area (TPSA) is 59.1 Å². The fourth-order valence-corrected chi connectivity index (χ4v) is 2.79. The number of halogens is 1. The summed E-state index contributed by atoms with van der Waals surface area (Å²) >= 11 is 5.54. The molecule has 1 aromatic heterocycles. The van der Waals surface area contributed by atoms with Crippen LogP contribution in [0.5, 0.6) is 0 Å². The van der Waals surface area contributed by atoms with Gasteiger partial charge in [0.15, 0.2) is 0 Å². The van der Waals surface area contributed by atoms with Gasteiger partial charge < -0.3 is 0 Å². The van der Waals surface area contributed by atoms with Crippen LogP contribution in [0.25, 0.3) is 0 Å². The van der Waals surface area contributed by atoms with Gasteiger partial charge in [0.2, 0.25) is 10.0 Å². The van der Waals surface area contributed by atoms with Crippen LogP contribution in [-0.2, 0) is 16.4 Å². The quantitative estimate of drug-likeness (QED) is 0.559. The highest BCUT2D eigenvalue weighted by molar-refractivity contribution is 7.89. The van der Waals surface area contributed by atoms with E-state index in [9.17, 15) is 8.42 Å². The Labute approximate surface area is 114 Å². The van der Waals surface area contributed by atoms with Crippen molar-refractivity contribution in [1.29, 1.82) is 0 Å². The number of unbranched alkanes of at least 4 members (excludes halogenated alkanes) is 2. The summed E-state index contributed by atoms with van der Waals surface area (Å²) in [5, 5.41) is 0. The van der Waals surface area contributed by atoms with Crippen LogP contribution in [-0.4, -0.2) is 31.6 Å². The summed E-state index contributed by atoms with van der Waals surface area (Å²) in [6.07, 6.45) is 6.57. The number of rotatable bonds is 9. The predicted octanol–water partition coefficient (Wildman–Crippen LogP) is 1.95. The molecule has 1 N–H and O–H groups in total. The van der Waals surface area contributed by atoms with Gasteiger partial charge in [0, 0.05) is 24.8 Å². The van der Waals surface area contributed by atoms with Gasteiger partial charge in [0.1, 0.15) is 0 Å². The molecule has 0 saturated heterocycles. The van der Waals surface area contributed by atoms with E-state index in [2.05, 4.69) is 9.71 Å². The average molecular weight is 291 g/mol. The number of alkyl halides is 1. The second-order valence-corrected chi connectivity index (χ2v) is 6.37. The van der Waals surface area contributed by atoms with E-state index in [1.54, 1.807) is 12.4 Å². The molecule has 0 bridgehead atoms. The summed E-state index contributed by atoms with van der Waals surface area (Å²) in [5.74, 6) is 0.751. The van der Waals surface area contributed by atoms with Crippen molar-refractivity contribution >= 4 is 21.6 Å². The van der Waals surface area contributed by atoms with Gasteiger partial charge in [-0.15, -0.1) is 11.6 Å². The van der Waals surface area contributed by atoms with Crippen LogP contribution in [0.2, 0.25) is 0 Å². The molecular formula is C12H19ClN2O2S. The molecule has 0 aliphatic rings. The highest BCUT2D eigenvalue weighted by Gasteiger charge is 2.09. The van der Waals surface area contributed by atoms with Crippen molar-refractivity contribution in [1.82, 2.24) is 9.71 Å². The zero-order chi connectivity index (χ0) is 13.3. The molecule has 0 spiro atoms. The molecule has 1 heterocycles. The third-order valence-corrected chi connectivity index (χ3v) is 4.19. The minimum absolute atomic E-state index is 0.118. The van der Waals surface area contributed by atoms with Gasteiger partial charge in [-0.3, -0.25) is 4.98 Å². The summed E-state index contributed by atoms with van der Waals surface area (Å²) < 4.78 is 26.0. The molecule has 1 aromatic rings. The van der Waals surface area contributed by atoms with E-state index in [1.165, 1.54) is 0 Å². The third-order valence-electron chi connectivity index (χ3n) is 2.54. The first kappa shape index (κ1) is 15.4. The first-order chi connectivity index (χ1) is 8.64. The normalized spacial score (nSPS) is 11.6. The Kier molecular flexibility index (Phi) is 7.23. The maximum atomic E-state index is 11.7. The highest BCUT2D eigenvalue weighted by atomic mass is 35.5. The number of pyridine rings is 1. The first-order valence-electron chi connectivity index (χ1n) is 6.06. The minimum Gasteiger partial charge on any atom is -0.265 e. The molecule has 0 aliphatic carbocycles. The Morgan fingerprint density at radius 3 is 2.56 bits per heavy atom. The lowest BCUT2D eigenvalue weighted by molar-refractivity contribution is 0.575. The molecule has 6 heteroatoms. The molecule has 1 rings (SSSR count). The van der Waals surface area contributed by atoms with Crippen LogP contribution in [0.15, 0.2) is 24.5 Å². The van der Waals surface area contributed by atoms with E-state index < -0.39 is 10.0 Å². The fourth-order valence-electron chi connectivity index (χ4n) is 1.50. The van der Waals surface area contributed by atoms with Gasteiger partial charge >= 0.3 is 0 Å². The number of hydrogen-bond donors (Lipinski definition) is 1. The maximum Gasteiger partial charge on any atom is 0.211 e. The summed E-state index contributed by atoms with van der Waals surface area (Å²) in [4.78, 5) is 3.89. The van der Waals surface area contributed by atoms with E-state index >= 15 is 0 Å². The van der Waals surface area contributed by atoms with Crippen LogP contribution in [0.1, 0.15) is 24.8 Å². The monoisotopic (exact) mass is 290 g/mol. The largest absolute Gasteiger partial charge is 0.265 e. The van der Waals surface area contributed by atoms with Crippen LogP contribution in [0.4, 0.5) is 0 Å². The number of nitrogens with one attached hydrogen (secondary N) is 1. The third kappa shape index (κ3) is 6.93. The van der Waals surface area contributed by atoms with Crippen molar-refractivity contribution in [2.45, 2.75) is 25.7 Å². The standard InChI is InChI=1S/C12H19ClN2O2S/c13-7-2-1-3-8-15-18(16,17)11-6-12-4-9-14-10-5-12/h4-5,9-10,15H,1-3,6-8,11H2. The number of aromatic nitrogens is 1. The fraction of sp³-hybridized carbons (Fsp3) is 0.583. The Hall–Kier alpha value is -0.650. The van der Waals surface area contributed by atoms with Crippen LogP contribution in [0.3, 0.4) is 0 Å². The van der Waals surface area contributed by atoms with E-state index in [0.717, 1.165) is 24.8 Å². The lowest BCUT2D eigenvalue weighted by atomic mass is 10.2. The van der Waals surface area contributed by atoms with Crippen molar-refractivity contribution in [2.24, 2.45) is 0 Å². The summed E-state index contributed by atoms with van der Waals surface area (Å²) in [6.45, 7) is 0.496. The van der Waals surface area contributed by atoms with Gasteiger partial charge in [-0.2, -0.15) is 0 Å². The number of aryl methyl sites for hydroxylation is 1. The van der Waals surface area contributed by atoms with Crippen LogP contribution >= 0.6 is 11.6 Å². The minimum atomic E-state index is -3.17. The molecule has 0 radical (unpaired) electrons. The molecule has 0 aliphatic heterocycles. The van der Waals surface area contributed by atoms with E-state index in [4.69, 9.17) is 11.6 Å². The summed E-state index contributed by atoms with van der Waals surface area (Å²) in [5.41, 5.74) is 0.984. The SMILES string of the molecule is O=S(=O)(CCc1ccncc1)NCCCCCCl. The smallest absolute Gasteiger partial charge is 0.211 e. The zero-order valence-electron chi connectivity index (χ0n) is 10.3. The maximum absolute atomic E-state index is 11.7. The summed E-state index contributed by atoms with van der Waals surface area (Å²) in [7, 11) is -3.17. The molecule has 0 saturated carbocycles. The molecule has 102 valence electrons. The molecular weight excluding hydrogens is 272 g/mol. The van der Waals surface area contributed by atoms with Gasteiger partial charge in [-0.25, -0.2) is 13.1 Å². The van der Waals surface area contributed by atoms with Gasteiger partial charge in [0.05, 0.1) is 5.75 Å². The van der Waals surface area contributed by atoms with E-state index in [1.807, 2.05) is 12.1 Å². The van der Waals surface area contributed by atoms with Gasteiger partial charge in [0.25, 0.3) is 0 Å². The van der Waals surface area contributed by atoms with E-state index in [-0.39, 0.29) is 5.75 Å². The molecule has 0 aromatic carbocycles. The molecule has 0 fully saturated rings. The highest BCUT2D eigenvalue weighted by Crippen LogP contribution is 2.01. The Morgan fingerprint density at radius 1 is 1.17 bits per heavy atom. The lowest BCUT2D eigenvalue weighted by Gasteiger charge is -2.06. The second kappa shape index (κ2) is 8.45. The number of sulfonamides is 1. The molecule has 0 unspecified atom stereocenters. The Bertz CT molecular complexity index is 423. The lowest BCUT2D eigenvalue weighted by Crippen LogP contribution is -2.28. The van der Waals surface area contributed by atoms with Crippen molar-refractivity contribution in [3.05, 3.63) is 30.1 Å². The van der Waals surface area contributed by atoms with Crippen molar-refractivity contribution in [2.75, 3.05) is 18.2 Å². The van der Waals surface area contributed by atoms with Crippen LogP contribution < -0.4 is 4.72 Å². The molecule has 0 atom stereocenters. The van der Waals surface area contributed by atoms with E-state index in [0.29, 0.717) is 18.8 Å². The average Bonchev–Trinajstić information content (AvgIpc) is 2.38. The second-order valence-electron chi connectivity index (χ2n) is 4.07. The number of nitrogens with zero attached hydrogens (tertiary/aromatic N) is 1.